The molecular weight excluding hydrogens is 400 g/mol. The fourth-order valence-electron chi connectivity index (χ4n) is 3.58. The summed E-state index contributed by atoms with van der Waals surface area (Å²) in [5, 5.41) is 12.2. The first kappa shape index (κ1) is 19.2. The van der Waals surface area contributed by atoms with Gasteiger partial charge in [-0.3, -0.25) is 14.5 Å². The van der Waals surface area contributed by atoms with Gasteiger partial charge in [-0.05, 0) is 31.0 Å². The minimum absolute atomic E-state index is 0.146. The zero-order valence-corrected chi connectivity index (χ0v) is 16.8. The minimum Gasteiger partial charge on any atom is -0.494 e. The molecule has 31 heavy (non-hydrogen) atoms. The Kier molecular flexibility index (Phi) is 5.04. The molecule has 158 valence electrons. The number of hydrogen-bond donors (Lipinski definition) is 1. The zero-order chi connectivity index (χ0) is 21.2. The Balaban J connectivity index is 1.40. The van der Waals surface area contributed by atoms with Gasteiger partial charge in [0.15, 0.2) is 0 Å². The predicted molar refractivity (Wildman–Crippen MR) is 111 cm³/mol. The van der Waals surface area contributed by atoms with E-state index in [1.807, 2.05) is 16.9 Å². The average molecular weight is 420 g/mol. The maximum Gasteiger partial charge on any atom is 0.316 e. The maximum absolute atomic E-state index is 12.7. The fraction of sp³-hybridized carbons (Fsp3) is 0.286. The molecule has 1 aliphatic heterocycles. The van der Waals surface area contributed by atoms with Crippen molar-refractivity contribution in [1.82, 2.24) is 24.9 Å². The van der Waals surface area contributed by atoms with E-state index in [4.69, 9.17) is 14.0 Å². The van der Waals surface area contributed by atoms with E-state index in [1.165, 1.54) is 0 Å². The molecule has 0 atom stereocenters. The third-order valence-electron chi connectivity index (χ3n) is 5.22. The lowest BCUT2D eigenvalue weighted by molar-refractivity contribution is 0.0664. The summed E-state index contributed by atoms with van der Waals surface area (Å²) in [5.74, 6) is 0.133. The van der Waals surface area contributed by atoms with Gasteiger partial charge < -0.3 is 19.3 Å². The third-order valence-corrected chi connectivity index (χ3v) is 5.22. The number of nitrogens with zero attached hydrogens (tertiary/aromatic N) is 5. The molecule has 1 N–H and O–H groups in total. The summed E-state index contributed by atoms with van der Waals surface area (Å²) in [7, 11) is 1.54. The number of benzene rings is 1. The van der Waals surface area contributed by atoms with Crippen molar-refractivity contribution >= 4 is 22.5 Å². The first-order valence-electron chi connectivity index (χ1n) is 9.91. The van der Waals surface area contributed by atoms with E-state index in [0.29, 0.717) is 28.9 Å². The number of ether oxygens (including phenoxy) is 2. The molecule has 3 aromatic heterocycles. The lowest BCUT2D eigenvalue weighted by Gasteiger charge is -2.22. The van der Waals surface area contributed by atoms with Crippen LogP contribution in [0.1, 0.15) is 29.6 Å². The van der Waals surface area contributed by atoms with E-state index in [2.05, 4.69) is 25.5 Å². The lowest BCUT2D eigenvalue weighted by atomic mass is 10.1. The van der Waals surface area contributed by atoms with Crippen molar-refractivity contribution in [2.24, 2.45) is 0 Å². The highest BCUT2D eigenvalue weighted by Crippen LogP contribution is 2.32. The van der Waals surface area contributed by atoms with Gasteiger partial charge in [-0.2, -0.15) is 10.1 Å². The molecule has 5 rings (SSSR count). The van der Waals surface area contributed by atoms with Crippen LogP contribution in [-0.4, -0.2) is 51.1 Å². The number of anilines is 1. The van der Waals surface area contributed by atoms with Crippen molar-refractivity contribution in [1.29, 1.82) is 0 Å². The smallest absolute Gasteiger partial charge is 0.316 e. The van der Waals surface area contributed by atoms with Crippen LogP contribution in [0, 0.1) is 0 Å². The highest BCUT2D eigenvalue weighted by Gasteiger charge is 2.21. The van der Waals surface area contributed by atoms with Crippen LogP contribution < -0.4 is 10.1 Å². The van der Waals surface area contributed by atoms with Crippen molar-refractivity contribution in [3.63, 3.8) is 0 Å². The second kappa shape index (κ2) is 8.15. The Bertz CT molecular complexity index is 1210. The van der Waals surface area contributed by atoms with Crippen LogP contribution in [0.5, 0.6) is 5.75 Å². The third kappa shape index (κ3) is 3.84. The minimum atomic E-state index is -0.526. The summed E-state index contributed by atoms with van der Waals surface area (Å²) < 4.78 is 18.0. The molecule has 4 heterocycles. The fourth-order valence-corrected chi connectivity index (χ4v) is 3.58. The summed E-state index contributed by atoms with van der Waals surface area (Å²) in [6.07, 6.45) is 7.06. The van der Waals surface area contributed by atoms with Crippen molar-refractivity contribution in [3.8, 4) is 17.1 Å². The molecule has 1 aliphatic rings. The molecule has 0 saturated carbocycles. The van der Waals surface area contributed by atoms with E-state index < -0.39 is 5.91 Å². The number of nitrogens with one attached hydrogen (secondary N) is 1. The molecule has 1 aromatic carbocycles. The van der Waals surface area contributed by atoms with E-state index in [-0.39, 0.29) is 5.89 Å². The van der Waals surface area contributed by atoms with Crippen LogP contribution in [0.3, 0.4) is 0 Å². The molecule has 1 fully saturated rings. The monoisotopic (exact) mass is 420 g/mol. The standard InChI is InChI=1S/C21H20N6O4/c1-29-18-11-16-14(12-27(25-16)15-4-8-30-9-5-15)10-17(18)23-20(28)21-24-19(26-31-21)13-2-6-22-7-3-13/h2-3,6-7,10-12,15H,4-5,8-9H2,1H3,(H,23,28). The van der Waals surface area contributed by atoms with Crippen molar-refractivity contribution < 1.29 is 18.8 Å². The van der Waals surface area contributed by atoms with Gasteiger partial charge in [-0.15, -0.1) is 0 Å². The summed E-state index contributed by atoms with van der Waals surface area (Å²) in [6.45, 7) is 1.47. The van der Waals surface area contributed by atoms with Crippen LogP contribution in [0.15, 0.2) is 47.4 Å². The van der Waals surface area contributed by atoms with Crippen LogP contribution in [0.25, 0.3) is 22.3 Å². The normalized spacial score (nSPS) is 14.6. The quantitative estimate of drug-likeness (QED) is 0.523. The zero-order valence-electron chi connectivity index (χ0n) is 16.8. The Morgan fingerprint density at radius 3 is 2.81 bits per heavy atom. The van der Waals surface area contributed by atoms with Crippen LogP contribution in [-0.2, 0) is 4.74 Å². The Hall–Kier alpha value is -3.79. The van der Waals surface area contributed by atoms with Gasteiger partial charge in [0.25, 0.3) is 0 Å². The molecule has 1 saturated heterocycles. The van der Waals surface area contributed by atoms with Crippen LogP contribution in [0.4, 0.5) is 5.69 Å². The molecule has 0 aliphatic carbocycles. The van der Waals surface area contributed by atoms with Gasteiger partial charge in [0.2, 0.25) is 5.82 Å². The summed E-state index contributed by atoms with van der Waals surface area (Å²) in [6, 6.07) is 7.40. The maximum atomic E-state index is 12.7. The number of pyridine rings is 1. The van der Waals surface area contributed by atoms with Gasteiger partial charge in [0.1, 0.15) is 5.75 Å². The summed E-state index contributed by atoms with van der Waals surface area (Å²) >= 11 is 0. The molecule has 0 unspecified atom stereocenters. The Morgan fingerprint density at radius 1 is 1.23 bits per heavy atom. The van der Waals surface area contributed by atoms with Crippen LogP contribution >= 0.6 is 0 Å². The second-order valence-electron chi connectivity index (χ2n) is 7.18. The summed E-state index contributed by atoms with van der Waals surface area (Å²) in [4.78, 5) is 20.8. The number of carbonyl (C=O) groups is 1. The molecule has 0 radical (unpaired) electrons. The molecule has 10 heteroatoms. The van der Waals surface area contributed by atoms with Gasteiger partial charge >= 0.3 is 11.8 Å². The second-order valence-corrected chi connectivity index (χ2v) is 7.18. The highest BCUT2D eigenvalue weighted by molar-refractivity contribution is 6.03. The average Bonchev–Trinajstić information content (AvgIpc) is 3.47. The van der Waals surface area contributed by atoms with Crippen LogP contribution in [0.2, 0.25) is 0 Å². The van der Waals surface area contributed by atoms with E-state index in [9.17, 15) is 4.79 Å². The number of hydrogen-bond acceptors (Lipinski definition) is 8. The lowest BCUT2D eigenvalue weighted by Crippen LogP contribution is -2.19. The molecular formula is C21H20N6O4. The number of amides is 1. The number of fused-ring (bicyclic) bond motifs is 1. The van der Waals surface area contributed by atoms with E-state index >= 15 is 0 Å². The Labute approximate surface area is 177 Å². The molecule has 10 nitrogen and oxygen atoms in total. The summed E-state index contributed by atoms with van der Waals surface area (Å²) in [5.41, 5.74) is 1.99. The topological polar surface area (TPSA) is 117 Å². The molecule has 4 aromatic rings. The van der Waals surface area contributed by atoms with Gasteiger partial charge in [0, 0.05) is 48.8 Å². The van der Waals surface area contributed by atoms with Crippen molar-refractivity contribution in [3.05, 3.63) is 48.7 Å². The number of rotatable bonds is 5. The number of aromatic nitrogens is 5. The number of methoxy groups -OCH3 is 1. The first-order valence-corrected chi connectivity index (χ1v) is 9.91. The Morgan fingerprint density at radius 2 is 2.03 bits per heavy atom. The van der Waals surface area contributed by atoms with Gasteiger partial charge in [-0.1, -0.05) is 5.16 Å². The first-order chi connectivity index (χ1) is 15.2. The van der Waals surface area contributed by atoms with E-state index in [0.717, 1.165) is 37.0 Å². The highest BCUT2D eigenvalue weighted by atomic mass is 16.5. The van der Waals surface area contributed by atoms with E-state index in [1.54, 1.807) is 37.7 Å². The van der Waals surface area contributed by atoms with Crippen molar-refractivity contribution in [2.45, 2.75) is 18.9 Å². The molecule has 0 spiro atoms. The molecule has 0 bridgehead atoms. The molecule has 1 amide bonds. The predicted octanol–water partition coefficient (Wildman–Crippen LogP) is 3.09. The largest absolute Gasteiger partial charge is 0.494 e. The van der Waals surface area contributed by atoms with Gasteiger partial charge in [-0.25, -0.2) is 0 Å². The number of carbonyl (C=O) groups excluding carboxylic acids is 1. The van der Waals surface area contributed by atoms with Crippen molar-refractivity contribution in [2.75, 3.05) is 25.6 Å². The SMILES string of the molecule is COc1cc2nn(C3CCOCC3)cc2cc1NC(=O)c1nc(-c2ccncc2)no1. The van der Waals surface area contributed by atoms with Gasteiger partial charge in [0.05, 0.1) is 24.4 Å².